The predicted octanol–water partition coefficient (Wildman–Crippen LogP) is 3.10. The summed E-state index contributed by atoms with van der Waals surface area (Å²) in [6.07, 6.45) is -0.631. The molecule has 0 aliphatic carbocycles. The highest BCUT2D eigenvalue weighted by Crippen LogP contribution is 2.19. The van der Waals surface area contributed by atoms with E-state index in [1.165, 1.54) is 0 Å². The molecule has 0 radical (unpaired) electrons. The first-order valence-corrected chi connectivity index (χ1v) is 6.87. The Labute approximate surface area is 124 Å². The van der Waals surface area contributed by atoms with Gasteiger partial charge < -0.3 is 15.2 Å². The minimum atomic E-state index is -0.631. The lowest BCUT2D eigenvalue weighted by atomic mass is 10.1. The topological polar surface area (TPSA) is 65.3 Å². The number of anilines is 1. The standard InChI is InChI=1S/C17H18N2O2/c1-2-21-16-5-3-4-15(10-16)19-12-17(20)14-8-6-13(11-18)7-9-14/h3-10,17,19-20H,2,12H2,1H3. The van der Waals surface area contributed by atoms with E-state index in [0.717, 1.165) is 17.0 Å². The molecule has 108 valence electrons. The summed E-state index contributed by atoms with van der Waals surface area (Å²) in [7, 11) is 0. The maximum atomic E-state index is 10.1. The molecule has 0 bridgehead atoms. The van der Waals surface area contributed by atoms with Crippen molar-refractivity contribution in [1.82, 2.24) is 0 Å². The van der Waals surface area contributed by atoms with Gasteiger partial charge in [0.05, 0.1) is 24.3 Å². The molecule has 0 saturated carbocycles. The molecule has 2 rings (SSSR count). The lowest BCUT2D eigenvalue weighted by Crippen LogP contribution is -2.12. The van der Waals surface area contributed by atoms with Crippen molar-refractivity contribution in [3.63, 3.8) is 0 Å². The Morgan fingerprint density at radius 1 is 1.24 bits per heavy atom. The highest BCUT2D eigenvalue weighted by atomic mass is 16.5. The van der Waals surface area contributed by atoms with Gasteiger partial charge in [0.15, 0.2) is 0 Å². The van der Waals surface area contributed by atoms with E-state index in [0.29, 0.717) is 18.7 Å². The zero-order valence-electron chi connectivity index (χ0n) is 11.9. The van der Waals surface area contributed by atoms with E-state index >= 15 is 0 Å². The van der Waals surface area contributed by atoms with Gasteiger partial charge in [-0.3, -0.25) is 0 Å². The molecular formula is C17H18N2O2. The van der Waals surface area contributed by atoms with Crippen molar-refractivity contribution >= 4 is 5.69 Å². The number of aliphatic hydroxyl groups is 1. The molecule has 0 spiro atoms. The Bertz CT molecular complexity index is 617. The fourth-order valence-corrected chi connectivity index (χ4v) is 1.97. The van der Waals surface area contributed by atoms with Crippen LogP contribution < -0.4 is 10.1 Å². The first kappa shape index (κ1) is 14.9. The predicted molar refractivity (Wildman–Crippen MR) is 82.2 cm³/mol. The zero-order chi connectivity index (χ0) is 15.1. The summed E-state index contributed by atoms with van der Waals surface area (Å²) in [5.41, 5.74) is 2.26. The molecule has 2 aromatic rings. The normalized spacial score (nSPS) is 11.5. The Kier molecular flexibility index (Phi) is 5.19. The van der Waals surface area contributed by atoms with Crippen LogP contribution in [0, 0.1) is 11.3 Å². The van der Waals surface area contributed by atoms with Gasteiger partial charge in [0.2, 0.25) is 0 Å². The number of hydrogen-bond acceptors (Lipinski definition) is 4. The summed E-state index contributed by atoms with van der Waals surface area (Å²) in [4.78, 5) is 0. The highest BCUT2D eigenvalue weighted by Gasteiger charge is 2.07. The largest absolute Gasteiger partial charge is 0.494 e. The quantitative estimate of drug-likeness (QED) is 0.854. The molecule has 2 aromatic carbocycles. The second kappa shape index (κ2) is 7.32. The number of nitriles is 1. The highest BCUT2D eigenvalue weighted by molar-refractivity contribution is 5.48. The number of nitrogens with zero attached hydrogens (tertiary/aromatic N) is 1. The molecule has 0 amide bonds. The number of benzene rings is 2. The van der Waals surface area contributed by atoms with E-state index in [-0.39, 0.29) is 0 Å². The van der Waals surface area contributed by atoms with E-state index < -0.39 is 6.10 Å². The fraction of sp³-hybridized carbons (Fsp3) is 0.235. The van der Waals surface area contributed by atoms with Crippen molar-refractivity contribution in [3.05, 3.63) is 59.7 Å². The van der Waals surface area contributed by atoms with Crippen LogP contribution in [0.2, 0.25) is 0 Å². The third-order valence-corrected chi connectivity index (χ3v) is 3.07. The van der Waals surface area contributed by atoms with Gasteiger partial charge in [-0.05, 0) is 36.8 Å². The Hall–Kier alpha value is -2.51. The van der Waals surface area contributed by atoms with E-state index in [4.69, 9.17) is 10.00 Å². The number of rotatable bonds is 6. The van der Waals surface area contributed by atoms with Gasteiger partial charge in [-0.2, -0.15) is 5.26 Å². The van der Waals surface area contributed by atoms with Crippen LogP contribution in [0.4, 0.5) is 5.69 Å². The zero-order valence-corrected chi connectivity index (χ0v) is 11.9. The smallest absolute Gasteiger partial charge is 0.121 e. The number of aliphatic hydroxyl groups excluding tert-OH is 1. The van der Waals surface area contributed by atoms with E-state index in [1.54, 1.807) is 24.3 Å². The third-order valence-electron chi connectivity index (χ3n) is 3.07. The number of ether oxygens (including phenoxy) is 1. The maximum Gasteiger partial charge on any atom is 0.121 e. The first-order chi connectivity index (χ1) is 10.2. The average Bonchev–Trinajstić information content (AvgIpc) is 2.53. The second-order valence-corrected chi connectivity index (χ2v) is 4.59. The molecule has 1 unspecified atom stereocenters. The van der Waals surface area contributed by atoms with Gasteiger partial charge in [-0.15, -0.1) is 0 Å². The summed E-state index contributed by atoms with van der Waals surface area (Å²) in [6.45, 7) is 2.95. The van der Waals surface area contributed by atoms with Gasteiger partial charge in [0, 0.05) is 18.3 Å². The summed E-state index contributed by atoms with van der Waals surface area (Å²) in [5.74, 6) is 0.801. The lowest BCUT2D eigenvalue weighted by molar-refractivity contribution is 0.191. The molecule has 2 N–H and O–H groups in total. The van der Waals surface area contributed by atoms with Crippen LogP contribution in [0.15, 0.2) is 48.5 Å². The molecule has 0 heterocycles. The van der Waals surface area contributed by atoms with Crippen molar-refractivity contribution in [3.8, 4) is 11.8 Å². The van der Waals surface area contributed by atoms with Crippen molar-refractivity contribution in [1.29, 1.82) is 5.26 Å². The maximum absolute atomic E-state index is 10.1. The lowest BCUT2D eigenvalue weighted by Gasteiger charge is -2.14. The van der Waals surface area contributed by atoms with Crippen molar-refractivity contribution < 1.29 is 9.84 Å². The van der Waals surface area contributed by atoms with Gasteiger partial charge in [0.1, 0.15) is 5.75 Å². The fourth-order valence-electron chi connectivity index (χ4n) is 1.97. The molecule has 1 atom stereocenters. The number of nitrogens with one attached hydrogen (secondary N) is 1. The van der Waals surface area contributed by atoms with E-state index in [2.05, 4.69) is 11.4 Å². The van der Waals surface area contributed by atoms with Crippen LogP contribution in [-0.2, 0) is 0 Å². The van der Waals surface area contributed by atoms with Gasteiger partial charge >= 0.3 is 0 Å². The van der Waals surface area contributed by atoms with Crippen LogP contribution in [0.3, 0.4) is 0 Å². The molecule has 4 nitrogen and oxygen atoms in total. The molecule has 0 aliphatic heterocycles. The molecule has 4 heteroatoms. The summed E-state index contributed by atoms with van der Waals surface area (Å²) < 4.78 is 5.43. The molecular weight excluding hydrogens is 264 g/mol. The summed E-state index contributed by atoms with van der Waals surface area (Å²) in [5, 5.41) is 22.1. The number of hydrogen-bond donors (Lipinski definition) is 2. The molecule has 0 aromatic heterocycles. The monoisotopic (exact) mass is 282 g/mol. The summed E-state index contributed by atoms with van der Waals surface area (Å²) in [6, 6.07) is 16.6. The van der Waals surface area contributed by atoms with Gasteiger partial charge in [-0.25, -0.2) is 0 Å². The van der Waals surface area contributed by atoms with Crippen LogP contribution in [0.5, 0.6) is 5.75 Å². The summed E-state index contributed by atoms with van der Waals surface area (Å²) >= 11 is 0. The first-order valence-electron chi connectivity index (χ1n) is 6.87. The Morgan fingerprint density at radius 3 is 2.67 bits per heavy atom. The Morgan fingerprint density at radius 2 is 2.00 bits per heavy atom. The van der Waals surface area contributed by atoms with Crippen molar-refractivity contribution in [2.24, 2.45) is 0 Å². The minimum absolute atomic E-state index is 0.390. The molecule has 21 heavy (non-hydrogen) atoms. The molecule has 0 fully saturated rings. The second-order valence-electron chi connectivity index (χ2n) is 4.59. The minimum Gasteiger partial charge on any atom is -0.494 e. The van der Waals surface area contributed by atoms with Crippen LogP contribution in [0.1, 0.15) is 24.2 Å². The van der Waals surface area contributed by atoms with Crippen molar-refractivity contribution in [2.75, 3.05) is 18.5 Å². The molecule has 0 aliphatic rings. The van der Waals surface area contributed by atoms with Crippen molar-refractivity contribution in [2.45, 2.75) is 13.0 Å². The SMILES string of the molecule is CCOc1cccc(NCC(O)c2ccc(C#N)cc2)c1. The third kappa shape index (κ3) is 4.23. The van der Waals surface area contributed by atoms with Gasteiger partial charge in [0.25, 0.3) is 0 Å². The van der Waals surface area contributed by atoms with Crippen LogP contribution in [0.25, 0.3) is 0 Å². The van der Waals surface area contributed by atoms with Gasteiger partial charge in [-0.1, -0.05) is 18.2 Å². The molecule has 0 saturated heterocycles. The van der Waals surface area contributed by atoms with E-state index in [9.17, 15) is 5.11 Å². The van der Waals surface area contributed by atoms with E-state index in [1.807, 2.05) is 31.2 Å². The average molecular weight is 282 g/mol. The van der Waals surface area contributed by atoms with Crippen LogP contribution >= 0.6 is 0 Å². The Balaban J connectivity index is 1.95. The van der Waals surface area contributed by atoms with Crippen LogP contribution in [-0.4, -0.2) is 18.3 Å².